The Balaban J connectivity index is 2.45. The third-order valence-corrected chi connectivity index (χ3v) is 3.88. The van der Waals surface area contributed by atoms with Crippen LogP contribution in [0.15, 0.2) is 30.5 Å². The summed E-state index contributed by atoms with van der Waals surface area (Å²) in [6.45, 7) is 11.1. The minimum atomic E-state index is 0.0569. The number of para-hydroxylation sites is 1. The summed E-state index contributed by atoms with van der Waals surface area (Å²) in [6, 6.07) is 6.37. The van der Waals surface area contributed by atoms with E-state index in [1.54, 1.807) is 7.11 Å². The third-order valence-electron chi connectivity index (χ3n) is 3.88. The molecule has 0 bridgehead atoms. The number of methoxy groups -OCH3 is 1. The molecule has 0 aliphatic carbocycles. The number of benzene rings is 1. The molecule has 1 aromatic carbocycles. The summed E-state index contributed by atoms with van der Waals surface area (Å²) in [7, 11) is 1.75. The summed E-state index contributed by atoms with van der Waals surface area (Å²) in [5.74, 6) is 0.969. The molecule has 20 heavy (non-hydrogen) atoms. The van der Waals surface area contributed by atoms with Crippen LogP contribution in [0.2, 0.25) is 0 Å². The maximum absolute atomic E-state index is 5.85. The van der Waals surface area contributed by atoms with E-state index in [1.165, 1.54) is 5.56 Å². The summed E-state index contributed by atoms with van der Waals surface area (Å²) in [5, 5.41) is 0. The van der Waals surface area contributed by atoms with E-state index in [0.29, 0.717) is 0 Å². The average Bonchev–Trinajstić information content (AvgIpc) is 2.35. The first-order chi connectivity index (χ1) is 9.24. The third kappa shape index (κ3) is 3.00. The Kier molecular flexibility index (Phi) is 3.86. The van der Waals surface area contributed by atoms with Crippen molar-refractivity contribution in [1.29, 1.82) is 0 Å². The summed E-state index contributed by atoms with van der Waals surface area (Å²) >= 11 is 0. The van der Waals surface area contributed by atoms with E-state index in [-0.39, 0.29) is 16.9 Å². The molecule has 0 aromatic heterocycles. The largest absolute Gasteiger partial charge is 0.496 e. The van der Waals surface area contributed by atoms with Crippen molar-refractivity contribution in [3.05, 3.63) is 41.7 Å². The maximum Gasteiger partial charge on any atom is 0.129 e. The van der Waals surface area contributed by atoms with Crippen LogP contribution in [-0.4, -0.2) is 7.11 Å². The number of hydrogen-bond donors (Lipinski definition) is 0. The fourth-order valence-corrected chi connectivity index (χ4v) is 2.72. The lowest BCUT2D eigenvalue weighted by Crippen LogP contribution is -2.20. The van der Waals surface area contributed by atoms with E-state index < -0.39 is 0 Å². The fraction of sp³-hybridized carbons (Fsp3) is 0.556. The molecule has 1 atom stereocenters. The highest BCUT2D eigenvalue weighted by molar-refractivity contribution is 5.46. The van der Waals surface area contributed by atoms with Gasteiger partial charge < -0.3 is 9.47 Å². The van der Waals surface area contributed by atoms with Crippen molar-refractivity contribution < 1.29 is 9.47 Å². The standard InChI is InChI=1S/C18H26O2/c1-17(2,3)14-9-7-8-13(16(14)19-6)15-12-18(4,5)10-11-20-15/h7-11,15H,12H2,1-6H3. The Hall–Kier alpha value is -1.44. The SMILES string of the molecule is COc1c(C2CC(C)(C)C=CO2)cccc1C(C)(C)C. The molecule has 2 rings (SSSR count). The number of ether oxygens (including phenoxy) is 2. The minimum Gasteiger partial charge on any atom is -0.496 e. The van der Waals surface area contributed by atoms with Crippen molar-refractivity contribution in [2.24, 2.45) is 5.41 Å². The van der Waals surface area contributed by atoms with E-state index in [9.17, 15) is 0 Å². The van der Waals surface area contributed by atoms with Crippen molar-refractivity contribution >= 4 is 0 Å². The van der Waals surface area contributed by atoms with Gasteiger partial charge in [0.15, 0.2) is 0 Å². The molecule has 0 fully saturated rings. The molecule has 0 radical (unpaired) electrons. The van der Waals surface area contributed by atoms with Crippen LogP contribution in [0.5, 0.6) is 5.75 Å². The molecular formula is C18H26O2. The Morgan fingerprint density at radius 2 is 1.95 bits per heavy atom. The zero-order valence-corrected chi connectivity index (χ0v) is 13.5. The van der Waals surface area contributed by atoms with Gasteiger partial charge in [-0.05, 0) is 28.9 Å². The predicted octanol–water partition coefficient (Wildman–Crippen LogP) is 4.99. The highest BCUT2D eigenvalue weighted by Crippen LogP contribution is 2.43. The number of hydrogen-bond acceptors (Lipinski definition) is 2. The van der Waals surface area contributed by atoms with Gasteiger partial charge in [-0.25, -0.2) is 0 Å². The van der Waals surface area contributed by atoms with E-state index in [0.717, 1.165) is 17.7 Å². The van der Waals surface area contributed by atoms with Crippen LogP contribution < -0.4 is 4.74 Å². The quantitative estimate of drug-likeness (QED) is 0.756. The molecule has 1 aliphatic rings. The van der Waals surface area contributed by atoms with Gasteiger partial charge in [0.1, 0.15) is 11.9 Å². The van der Waals surface area contributed by atoms with Gasteiger partial charge in [0, 0.05) is 5.56 Å². The first kappa shape index (κ1) is 15.0. The molecule has 1 heterocycles. The van der Waals surface area contributed by atoms with Gasteiger partial charge in [-0.1, -0.05) is 52.8 Å². The molecule has 2 nitrogen and oxygen atoms in total. The highest BCUT2D eigenvalue weighted by atomic mass is 16.5. The second-order valence-corrected chi connectivity index (χ2v) is 7.30. The monoisotopic (exact) mass is 274 g/mol. The van der Waals surface area contributed by atoms with Crippen molar-refractivity contribution in [3.8, 4) is 5.75 Å². The molecule has 110 valence electrons. The Bertz CT molecular complexity index is 507. The van der Waals surface area contributed by atoms with E-state index in [4.69, 9.17) is 9.47 Å². The second-order valence-electron chi connectivity index (χ2n) is 7.30. The van der Waals surface area contributed by atoms with Gasteiger partial charge >= 0.3 is 0 Å². The molecule has 0 N–H and O–H groups in total. The van der Waals surface area contributed by atoms with E-state index in [1.807, 2.05) is 6.26 Å². The molecule has 1 aliphatic heterocycles. The number of rotatable bonds is 2. The van der Waals surface area contributed by atoms with E-state index >= 15 is 0 Å². The van der Waals surface area contributed by atoms with E-state index in [2.05, 4.69) is 58.9 Å². The van der Waals surface area contributed by atoms with Crippen LogP contribution in [0.3, 0.4) is 0 Å². The molecule has 0 saturated carbocycles. The Morgan fingerprint density at radius 1 is 1.25 bits per heavy atom. The van der Waals surface area contributed by atoms with Crippen molar-refractivity contribution in [2.45, 2.75) is 52.6 Å². The molecule has 0 saturated heterocycles. The Morgan fingerprint density at radius 3 is 2.50 bits per heavy atom. The van der Waals surface area contributed by atoms with Crippen LogP contribution in [0, 0.1) is 5.41 Å². The van der Waals surface area contributed by atoms with Crippen LogP contribution in [0.1, 0.15) is 58.3 Å². The topological polar surface area (TPSA) is 18.5 Å². The van der Waals surface area contributed by atoms with Crippen molar-refractivity contribution in [3.63, 3.8) is 0 Å². The fourth-order valence-electron chi connectivity index (χ4n) is 2.72. The lowest BCUT2D eigenvalue weighted by atomic mass is 9.80. The smallest absolute Gasteiger partial charge is 0.129 e. The zero-order valence-electron chi connectivity index (χ0n) is 13.5. The first-order valence-electron chi connectivity index (χ1n) is 7.25. The zero-order chi connectivity index (χ0) is 15.0. The maximum atomic E-state index is 5.85. The van der Waals surface area contributed by atoms with Crippen LogP contribution >= 0.6 is 0 Å². The molecule has 1 aromatic rings. The van der Waals surface area contributed by atoms with Crippen LogP contribution in [-0.2, 0) is 10.2 Å². The highest BCUT2D eigenvalue weighted by Gasteiger charge is 2.30. The Labute approximate surface area is 122 Å². The summed E-state index contributed by atoms with van der Waals surface area (Å²) in [5.41, 5.74) is 2.60. The second kappa shape index (κ2) is 5.16. The summed E-state index contributed by atoms with van der Waals surface area (Å²) in [6.07, 6.45) is 4.99. The lowest BCUT2D eigenvalue weighted by Gasteiger charge is -2.33. The minimum absolute atomic E-state index is 0.0569. The first-order valence-corrected chi connectivity index (χ1v) is 7.25. The van der Waals surface area contributed by atoms with Gasteiger partial charge in [0.2, 0.25) is 0 Å². The summed E-state index contributed by atoms with van der Waals surface area (Å²) in [4.78, 5) is 0. The van der Waals surface area contributed by atoms with Crippen molar-refractivity contribution in [1.82, 2.24) is 0 Å². The average molecular weight is 274 g/mol. The van der Waals surface area contributed by atoms with Gasteiger partial charge in [0.25, 0.3) is 0 Å². The van der Waals surface area contributed by atoms with Crippen molar-refractivity contribution in [2.75, 3.05) is 7.11 Å². The van der Waals surface area contributed by atoms with Crippen LogP contribution in [0.25, 0.3) is 0 Å². The molecule has 1 unspecified atom stereocenters. The molecule has 2 heteroatoms. The summed E-state index contributed by atoms with van der Waals surface area (Å²) < 4.78 is 11.6. The lowest BCUT2D eigenvalue weighted by molar-refractivity contribution is 0.0819. The van der Waals surface area contributed by atoms with Crippen LogP contribution in [0.4, 0.5) is 0 Å². The molecule has 0 amide bonds. The molecule has 0 spiro atoms. The van der Waals surface area contributed by atoms with Gasteiger partial charge in [-0.2, -0.15) is 0 Å². The van der Waals surface area contributed by atoms with Gasteiger partial charge in [0.05, 0.1) is 13.4 Å². The number of allylic oxidation sites excluding steroid dienone is 1. The predicted molar refractivity (Wildman–Crippen MR) is 83.1 cm³/mol. The van der Waals surface area contributed by atoms with Gasteiger partial charge in [-0.15, -0.1) is 0 Å². The molecular weight excluding hydrogens is 248 g/mol. The normalized spacial score (nSPS) is 21.4. The van der Waals surface area contributed by atoms with Gasteiger partial charge in [-0.3, -0.25) is 0 Å².